The van der Waals surface area contributed by atoms with Crippen LogP contribution in [0.4, 0.5) is 30.8 Å². The zero-order valence-electron chi connectivity index (χ0n) is 14.5. The highest BCUT2D eigenvalue weighted by atomic mass is 19.2. The number of urea groups is 1. The molecule has 0 saturated carbocycles. The Kier molecular flexibility index (Phi) is 5.25. The average Bonchev–Trinajstić information content (AvgIpc) is 2.64. The Morgan fingerprint density at radius 2 is 1.63 bits per heavy atom. The van der Waals surface area contributed by atoms with Gasteiger partial charge in [0.1, 0.15) is 5.82 Å². The third-order valence-corrected chi connectivity index (χ3v) is 3.74. The molecule has 2 aromatic carbocycles. The fourth-order valence-corrected chi connectivity index (χ4v) is 2.40. The molecule has 0 aliphatic carbocycles. The molecule has 3 rings (SSSR count). The lowest BCUT2D eigenvalue weighted by atomic mass is 10.2. The number of anilines is 3. The SMILES string of the molecule is CCc1cc(N)nc(-c2ccc(NC(=O)Nc3ccc(F)c(F)c3)cc2)n1. The fourth-order valence-electron chi connectivity index (χ4n) is 2.40. The van der Waals surface area contributed by atoms with Gasteiger partial charge in [-0.05, 0) is 42.8 Å². The fraction of sp³-hybridized carbons (Fsp3) is 0.105. The standard InChI is InChI=1S/C19H17F2N5O/c1-2-12-10-17(22)26-18(23-12)11-3-5-13(6-4-11)24-19(27)25-14-7-8-15(20)16(21)9-14/h3-10H,2H2,1H3,(H2,22,23,26)(H2,24,25,27). The Morgan fingerprint density at radius 1 is 0.963 bits per heavy atom. The van der Waals surface area contributed by atoms with Crippen molar-refractivity contribution >= 4 is 23.2 Å². The third-order valence-electron chi connectivity index (χ3n) is 3.74. The Labute approximate surface area is 154 Å². The van der Waals surface area contributed by atoms with Crippen molar-refractivity contribution < 1.29 is 13.6 Å². The minimum Gasteiger partial charge on any atom is -0.384 e. The van der Waals surface area contributed by atoms with Gasteiger partial charge in [-0.2, -0.15) is 0 Å². The first kappa shape index (κ1) is 18.2. The molecule has 8 heteroatoms. The van der Waals surface area contributed by atoms with E-state index in [4.69, 9.17) is 5.73 Å². The number of nitrogens with zero attached hydrogens (tertiary/aromatic N) is 2. The van der Waals surface area contributed by atoms with Crippen LogP contribution in [-0.4, -0.2) is 16.0 Å². The number of aryl methyl sites for hydroxylation is 1. The van der Waals surface area contributed by atoms with E-state index in [1.807, 2.05) is 6.92 Å². The molecule has 0 atom stereocenters. The highest BCUT2D eigenvalue weighted by molar-refractivity contribution is 5.99. The van der Waals surface area contributed by atoms with Crippen LogP contribution in [-0.2, 0) is 6.42 Å². The molecule has 6 nitrogen and oxygen atoms in total. The van der Waals surface area contributed by atoms with Crippen molar-refractivity contribution in [1.82, 2.24) is 9.97 Å². The first-order chi connectivity index (χ1) is 12.9. The summed E-state index contributed by atoms with van der Waals surface area (Å²) in [6, 6.07) is 11.1. The second-order valence-corrected chi connectivity index (χ2v) is 5.75. The number of hydrogen-bond donors (Lipinski definition) is 3. The van der Waals surface area contributed by atoms with Gasteiger partial charge in [-0.3, -0.25) is 0 Å². The molecule has 27 heavy (non-hydrogen) atoms. The van der Waals surface area contributed by atoms with E-state index >= 15 is 0 Å². The molecule has 0 radical (unpaired) electrons. The van der Waals surface area contributed by atoms with Crippen molar-refractivity contribution in [2.75, 3.05) is 16.4 Å². The molecule has 1 heterocycles. The number of amides is 2. The number of rotatable bonds is 4. The van der Waals surface area contributed by atoms with Gasteiger partial charge in [-0.1, -0.05) is 6.92 Å². The van der Waals surface area contributed by atoms with Crippen LogP contribution >= 0.6 is 0 Å². The normalized spacial score (nSPS) is 10.5. The summed E-state index contributed by atoms with van der Waals surface area (Å²) in [5, 5.41) is 5.03. The largest absolute Gasteiger partial charge is 0.384 e. The summed E-state index contributed by atoms with van der Waals surface area (Å²) in [5.74, 6) is -1.12. The van der Waals surface area contributed by atoms with Gasteiger partial charge in [0, 0.05) is 34.8 Å². The summed E-state index contributed by atoms with van der Waals surface area (Å²) in [7, 11) is 0. The number of hydrogen-bond acceptors (Lipinski definition) is 4. The summed E-state index contributed by atoms with van der Waals surface area (Å²) in [6.07, 6.45) is 0.740. The first-order valence-corrected chi connectivity index (χ1v) is 8.21. The maximum Gasteiger partial charge on any atom is 0.323 e. The summed E-state index contributed by atoms with van der Waals surface area (Å²) < 4.78 is 26.1. The van der Waals surface area contributed by atoms with E-state index in [-0.39, 0.29) is 5.69 Å². The first-order valence-electron chi connectivity index (χ1n) is 8.21. The minimum absolute atomic E-state index is 0.142. The maximum atomic E-state index is 13.2. The Balaban J connectivity index is 1.69. The van der Waals surface area contributed by atoms with E-state index in [1.54, 1.807) is 30.3 Å². The lowest BCUT2D eigenvalue weighted by Crippen LogP contribution is -2.19. The molecule has 4 N–H and O–H groups in total. The average molecular weight is 369 g/mol. The minimum atomic E-state index is -1.04. The zero-order chi connectivity index (χ0) is 19.4. The van der Waals surface area contributed by atoms with E-state index in [0.29, 0.717) is 17.3 Å². The topological polar surface area (TPSA) is 92.9 Å². The van der Waals surface area contributed by atoms with Crippen LogP contribution in [0, 0.1) is 11.6 Å². The van der Waals surface area contributed by atoms with Crippen LogP contribution in [0.15, 0.2) is 48.5 Å². The van der Waals surface area contributed by atoms with Crippen LogP contribution in [0.25, 0.3) is 11.4 Å². The van der Waals surface area contributed by atoms with Crippen LogP contribution in [0.2, 0.25) is 0 Å². The molecule has 0 bridgehead atoms. The van der Waals surface area contributed by atoms with Crippen molar-refractivity contribution in [2.24, 2.45) is 0 Å². The summed E-state index contributed by atoms with van der Waals surface area (Å²) in [5.41, 5.74) is 8.04. The molecule has 1 aromatic heterocycles. The van der Waals surface area contributed by atoms with Crippen LogP contribution in [0.3, 0.4) is 0 Å². The summed E-state index contributed by atoms with van der Waals surface area (Å²) >= 11 is 0. The van der Waals surface area contributed by atoms with Gasteiger partial charge in [0.05, 0.1) is 0 Å². The lowest BCUT2D eigenvalue weighted by Gasteiger charge is -2.09. The highest BCUT2D eigenvalue weighted by Crippen LogP contribution is 2.20. The van der Waals surface area contributed by atoms with E-state index in [1.165, 1.54) is 6.07 Å². The number of nitrogens with one attached hydrogen (secondary N) is 2. The predicted molar refractivity (Wildman–Crippen MR) is 100 cm³/mol. The van der Waals surface area contributed by atoms with Gasteiger partial charge in [0.2, 0.25) is 0 Å². The van der Waals surface area contributed by atoms with Gasteiger partial charge in [0.25, 0.3) is 0 Å². The predicted octanol–water partition coefficient (Wildman–Crippen LogP) is 4.21. The van der Waals surface area contributed by atoms with E-state index < -0.39 is 17.7 Å². The van der Waals surface area contributed by atoms with E-state index in [2.05, 4.69) is 20.6 Å². The Morgan fingerprint density at radius 3 is 2.30 bits per heavy atom. The van der Waals surface area contributed by atoms with Crippen molar-refractivity contribution in [2.45, 2.75) is 13.3 Å². The quantitative estimate of drug-likeness (QED) is 0.642. The van der Waals surface area contributed by atoms with Crippen LogP contribution in [0.1, 0.15) is 12.6 Å². The molecule has 0 aliphatic heterocycles. The summed E-state index contributed by atoms with van der Waals surface area (Å²) in [4.78, 5) is 20.6. The number of aromatic nitrogens is 2. The van der Waals surface area contributed by atoms with Crippen molar-refractivity contribution in [3.05, 3.63) is 65.9 Å². The molecule has 2 amide bonds. The number of nitrogen functional groups attached to an aromatic ring is 1. The molecular formula is C19H17F2N5O. The van der Waals surface area contributed by atoms with Crippen molar-refractivity contribution in [1.29, 1.82) is 0 Å². The molecule has 0 aliphatic rings. The molecule has 0 unspecified atom stereocenters. The molecular weight excluding hydrogens is 352 g/mol. The molecule has 3 aromatic rings. The van der Waals surface area contributed by atoms with Crippen LogP contribution < -0.4 is 16.4 Å². The van der Waals surface area contributed by atoms with Gasteiger partial charge >= 0.3 is 6.03 Å². The number of carbonyl (C=O) groups is 1. The van der Waals surface area contributed by atoms with Crippen molar-refractivity contribution in [3.8, 4) is 11.4 Å². The monoisotopic (exact) mass is 369 g/mol. The van der Waals surface area contributed by atoms with Gasteiger partial charge < -0.3 is 16.4 Å². The third kappa shape index (κ3) is 4.55. The number of benzene rings is 2. The van der Waals surface area contributed by atoms with Gasteiger partial charge in [-0.15, -0.1) is 0 Å². The lowest BCUT2D eigenvalue weighted by molar-refractivity contribution is 0.262. The number of nitrogens with two attached hydrogens (primary N) is 1. The highest BCUT2D eigenvalue weighted by Gasteiger charge is 2.08. The van der Waals surface area contributed by atoms with E-state index in [0.717, 1.165) is 29.8 Å². The molecule has 0 saturated heterocycles. The van der Waals surface area contributed by atoms with Gasteiger partial charge in [0.15, 0.2) is 17.5 Å². The number of carbonyl (C=O) groups excluding carboxylic acids is 1. The maximum absolute atomic E-state index is 13.2. The van der Waals surface area contributed by atoms with E-state index in [9.17, 15) is 13.6 Å². The second kappa shape index (κ2) is 7.77. The van der Waals surface area contributed by atoms with Crippen molar-refractivity contribution in [3.63, 3.8) is 0 Å². The second-order valence-electron chi connectivity index (χ2n) is 5.75. The molecule has 138 valence electrons. The smallest absolute Gasteiger partial charge is 0.323 e. The number of halogens is 2. The zero-order valence-corrected chi connectivity index (χ0v) is 14.5. The molecule has 0 fully saturated rings. The molecule has 0 spiro atoms. The Hall–Kier alpha value is -3.55. The van der Waals surface area contributed by atoms with Crippen LogP contribution in [0.5, 0.6) is 0 Å². The van der Waals surface area contributed by atoms with Gasteiger partial charge in [-0.25, -0.2) is 23.5 Å². The Bertz CT molecular complexity index is 976. The summed E-state index contributed by atoms with van der Waals surface area (Å²) in [6.45, 7) is 1.98.